The highest BCUT2D eigenvalue weighted by molar-refractivity contribution is 5.88. The Kier molecular flexibility index (Phi) is 14.4. The fourth-order valence-corrected chi connectivity index (χ4v) is 3.39. The van der Waals surface area contributed by atoms with Crippen molar-refractivity contribution in [2.75, 3.05) is 6.61 Å². The fraction of sp³-hybridized carbons (Fsp3) is 0.680. The Morgan fingerprint density at radius 3 is 2.32 bits per heavy atom. The molecule has 0 spiro atoms. The van der Waals surface area contributed by atoms with Crippen molar-refractivity contribution in [3.63, 3.8) is 0 Å². The number of hydrogen-bond acceptors (Lipinski definition) is 8. The lowest BCUT2D eigenvalue weighted by atomic mass is 9.92. The summed E-state index contributed by atoms with van der Waals surface area (Å²) in [7, 11) is 0. The number of nitrogens with zero attached hydrogens (tertiary/aromatic N) is 1. The quantitative estimate of drug-likeness (QED) is 0.275. The molecule has 0 bridgehead atoms. The second kappa shape index (κ2) is 16.7. The maximum atomic E-state index is 12.3. The first-order chi connectivity index (χ1) is 16.2. The second-order valence-electron chi connectivity index (χ2n) is 8.53. The first-order valence-corrected chi connectivity index (χ1v) is 12.1. The molecule has 0 radical (unpaired) electrons. The summed E-state index contributed by atoms with van der Waals surface area (Å²) >= 11 is 0. The van der Waals surface area contributed by atoms with Gasteiger partial charge in [-0.1, -0.05) is 20.3 Å². The van der Waals surface area contributed by atoms with Gasteiger partial charge < -0.3 is 14.6 Å². The third-order valence-corrected chi connectivity index (χ3v) is 5.39. The third kappa shape index (κ3) is 13.0. The van der Waals surface area contributed by atoms with E-state index in [0.29, 0.717) is 19.3 Å². The van der Waals surface area contributed by atoms with Gasteiger partial charge in [-0.05, 0) is 31.3 Å². The first-order valence-electron chi connectivity index (χ1n) is 12.1. The molecule has 1 aliphatic rings. The minimum Gasteiger partial charge on any atom is -0.481 e. The van der Waals surface area contributed by atoms with Crippen molar-refractivity contribution in [2.45, 2.75) is 97.0 Å². The van der Waals surface area contributed by atoms with Crippen LogP contribution in [0.5, 0.6) is 0 Å². The number of allylic oxidation sites excluding steroid dienone is 1. The minimum absolute atomic E-state index is 0.0110. The average molecular weight is 480 g/mol. The monoisotopic (exact) mass is 479 g/mol. The van der Waals surface area contributed by atoms with Crippen LogP contribution < -0.4 is 0 Å². The van der Waals surface area contributed by atoms with Crippen molar-refractivity contribution in [1.82, 2.24) is 0 Å². The maximum Gasteiger partial charge on any atom is 0.307 e. The summed E-state index contributed by atoms with van der Waals surface area (Å²) < 4.78 is 10.5. The molecule has 34 heavy (non-hydrogen) atoms. The van der Waals surface area contributed by atoms with Gasteiger partial charge in [0, 0.05) is 57.4 Å². The number of unbranched alkanes of at least 4 members (excludes halogenated alkanes) is 1. The Bertz CT molecular complexity index is 771. The van der Waals surface area contributed by atoms with Crippen molar-refractivity contribution in [3.05, 3.63) is 11.8 Å². The first kappa shape index (κ1) is 29.2. The summed E-state index contributed by atoms with van der Waals surface area (Å²) in [6, 6.07) is 0. The number of ketones is 2. The molecule has 0 saturated carbocycles. The summed E-state index contributed by atoms with van der Waals surface area (Å²) in [5.41, 5.74) is 0.871. The number of hydrogen-bond donors (Lipinski definition) is 1. The molecular formula is C25H37NO8. The molecule has 1 heterocycles. The predicted octanol–water partition coefficient (Wildman–Crippen LogP) is 3.97. The molecule has 9 heteroatoms. The van der Waals surface area contributed by atoms with E-state index in [1.54, 1.807) is 12.4 Å². The molecule has 9 nitrogen and oxygen atoms in total. The molecule has 0 aromatic rings. The van der Waals surface area contributed by atoms with Crippen molar-refractivity contribution >= 4 is 35.7 Å². The number of carbonyl (C=O) groups is 5. The van der Waals surface area contributed by atoms with Crippen LogP contribution in [-0.2, 0) is 33.4 Å². The highest BCUT2D eigenvalue weighted by atomic mass is 16.6. The van der Waals surface area contributed by atoms with Gasteiger partial charge in [0.05, 0.1) is 5.92 Å². The van der Waals surface area contributed by atoms with Crippen LogP contribution in [0.3, 0.4) is 0 Å². The number of rotatable bonds is 19. The zero-order valence-electron chi connectivity index (χ0n) is 20.3. The molecule has 0 amide bonds. The van der Waals surface area contributed by atoms with Gasteiger partial charge in [0.25, 0.3) is 0 Å². The molecule has 0 aliphatic carbocycles. The molecule has 1 rings (SSSR count). The summed E-state index contributed by atoms with van der Waals surface area (Å²) in [6.07, 6.45) is 6.21. The summed E-state index contributed by atoms with van der Waals surface area (Å²) in [5, 5.41) is 9.39. The van der Waals surface area contributed by atoms with E-state index in [4.69, 9.17) is 9.47 Å². The van der Waals surface area contributed by atoms with Gasteiger partial charge in [0.15, 0.2) is 0 Å². The lowest BCUT2D eigenvalue weighted by Gasteiger charge is -2.18. The van der Waals surface area contributed by atoms with Crippen molar-refractivity contribution < 1.29 is 38.6 Å². The lowest BCUT2D eigenvalue weighted by molar-refractivity contribution is -0.159. The Morgan fingerprint density at radius 1 is 0.971 bits per heavy atom. The fourth-order valence-electron chi connectivity index (χ4n) is 3.39. The number of aliphatic imine (C=N–C) groups is 1. The van der Waals surface area contributed by atoms with Crippen LogP contribution >= 0.6 is 0 Å². The Labute approximate surface area is 201 Å². The van der Waals surface area contributed by atoms with E-state index in [1.165, 1.54) is 0 Å². The predicted molar refractivity (Wildman–Crippen MR) is 125 cm³/mol. The Hall–Kier alpha value is -2.84. The zero-order valence-corrected chi connectivity index (χ0v) is 20.3. The average Bonchev–Trinajstić information content (AvgIpc) is 3.30. The number of carbonyl (C=O) groups excluding carboxylic acids is 4. The van der Waals surface area contributed by atoms with Gasteiger partial charge in [-0.2, -0.15) is 0 Å². The second-order valence-corrected chi connectivity index (χ2v) is 8.53. The van der Waals surface area contributed by atoms with E-state index in [1.807, 2.05) is 13.8 Å². The third-order valence-electron chi connectivity index (χ3n) is 5.39. The molecular weight excluding hydrogens is 442 g/mol. The van der Waals surface area contributed by atoms with Gasteiger partial charge in [0.2, 0.25) is 0 Å². The van der Waals surface area contributed by atoms with E-state index in [9.17, 15) is 29.1 Å². The van der Waals surface area contributed by atoms with Crippen LogP contribution in [0.2, 0.25) is 0 Å². The van der Waals surface area contributed by atoms with Gasteiger partial charge in [0.1, 0.15) is 24.3 Å². The van der Waals surface area contributed by atoms with Gasteiger partial charge in [-0.25, -0.2) is 0 Å². The van der Waals surface area contributed by atoms with Crippen molar-refractivity contribution in [1.29, 1.82) is 0 Å². The maximum absolute atomic E-state index is 12.3. The SMILES string of the molecule is CCCCC(=O)OCC(CCC(=O)CCC(=O)CC(CC1=CN=CC1)C(=O)O)OC(=O)CCC. The number of Topliss-reactive ketones (excluding diaryl/α,β-unsaturated/α-hetero) is 2. The van der Waals surface area contributed by atoms with Gasteiger partial charge in [-0.15, -0.1) is 0 Å². The Morgan fingerprint density at radius 2 is 1.71 bits per heavy atom. The van der Waals surface area contributed by atoms with E-state index < -0.39 is 24.0 Å². The molecule has 2 atom stereocenters. The van der Waals surface area contributed by atoms with E-state index >= 15 is 0 Å². The van der Waals surface area contributed by atoms with E-state index in [-0.39, 0.29) is 75.5 Å². The molecule has 2 unspecified atom stereocenters. The normalized spacial score (nSPS) is 14.2. The van der Waals surface area contributed by atoms with E-state index in [0.717, 1.165) is 12.0 Å². The largest absolute Gasteiger partial charge is 0.481 e. The number of aliphatic carboxylic acids is 1. The van der Waals surface area contributed by atoms with Gasteiger partial charge in [-0.3, -0.25) is 29.0 Å². The van der Waals surface area contributed by atoms with Crippen LogP contribution in [0.1, 0.15) is 90.9 Å². The van der Waals surface area contributed by atoms with E-state index in [2.05, 4.69) is 4.99 Å². The highest BCUT2D eigenvalue weighted by Gasteiger charge is 2.24. The molecule has 1 N–H and O–H groups in total. The number of ether oxygens (including phenoxy) is 2. The van der Waals surface area contributed by atoms with Crippen LogP contribution in [-0.4, -0.2) is 53.5 Å². The molecule has 0 fully saturated rings. The summed E-state index contributed by atoms with van der Waals surface area (Å²) in [5.74, 6) is -3.14. The lowest BCUT2D eigenvalue weighted by Crippen LogP contribution is -2.26. The summed E-state index contributed by atoms with van der Waals surface area (Å²) in [4.78, 5) is 63.6. The van der Waals surface area contributed by atoms with Crippen LogP contribution in [0.25, 0.3) is 0 Å². The van der Waals surface area contributed by atoms with Crippen LogP contribution in [0.4, 0.5) is 0 Å². The Balaban J connectivity index is 2.45. The molecule has 1 aliphatic heterocycles. The van der Waals surface area contributed by atoms with Crippen molar-refractivity contribution in [2.24, 2.45) is 10.9 Å². The molecule has 0 saturated heterocycles. The number of carboxylic acid groups (broad SMARTS) is 1. The molecule has 190 valence electrons. The van der Waals surface area contributed by atoms with Crippen LogP contribution in [0.15, 0.2) is 16.8 Å². The standard InChI is InChI=1S/C25H37NO8/c1-3-5-7-23(29)33-17-22(34-24(30)6-4-2)11-10-20(27)8-9-21(28)15-19(25(31)32)14-18-12-13-26-16-18/h13,16,19,22H,3-12,14-15,17H2,1-2H3,(H,31,32). The molecule has 0 aromatic heterocycles. The zero-order chi connectivity index (χ0) is 25.3. The number of carboxylic acids is 1. The van der Waals surface area contributed by atoms with Crippen LogP contribution in [0, 0.1) is 5.92 Å². The molecule has 0 aromatic carbocycles. The smallest absolute Gasteiger partial charge is 0.307 e. The minimum atomic E-state index is -1.04. The topological polar surface area (TPSA) is 136 Å². The highest BCUT2D eigenvalue weighted by Crippen LogP contribution is 2.22. The van der Waals surface area contributed by atoms with Crippen molar-refractivity contribution in [3.8, 4) is 0 Å². The summed E-state index contributed by atoms with van der Waals surface area (Å²) in [6.45, 7) is 3.70. The number of esters is 2. The van der Waals surface area contributed by atoms with Gasteiger partial charge >= 0.3 is 17.9 Å².